The Morgan fingerprint density at radius 1 is 1.10 bits per heavy atom. The quantitative estimate of drug-likeness (QED) is 0.853. The van der Waals surface area contributed by atoms with Gasteiger partial charge in [0.1, 0.15) is 0 Å². The van der Waals surface area contributed by atoms with Gasteiger partial charge in [0.25, 0.3) is 0 Å². The molecule has 1 N–H and O–H groups in total. The number of hydrogen-bond donors (Lipinski definition) is 1. The van der Waals surface area contributed by atoms with E-state index in [1.807, 2.05) is 0 Å². The molecule has 1 aliphatic rings. The van der Waals surface area contributed by atoms with Gasteiger partial charge in [0, 0.05) is 17.9 Å². The molecule has 0 aliphatic heterocycles. The van der Waals surface area contributed by atoms with E-state index in [1.165, 1.54) is 43.2 Å². The predicted octanol–water partition coefficient (Wildman–Crippen LogP) is 5.06. The molecule has 2 aromatic rings. The van der Waals surface area contributed by atoms with Gasteiger partial charge in [0.15, 0.2) is 0 Å². The highest BCUT2D eigenvalue weighted by atomic mass is 15.2. The Balaban J connectivity index is 1.89. The molecule has 3 nitrogen and oxygen atoms in total. The van der Waals surface area contributed by atoms with Gasteiger partial charge in [-0.2, -0.15) is 0 Å². The van der Waals surface area contributed by atoms with Gasteiger partial charge in [-0.15, -0.1) is 0 Å². The molecule has 0 atom stereocenters. The van der Waals surface area contributed by atoms with E-state index in [9.17, 15) is 0 Å². The Bertz CT molecular complexity index is 621. The van der Waals surface area contributed by atoms with E-state index in [4.69, 9.17) is 4.98 Å². The van der Waals surface area contributed by atoms with Gasteiger partial charge >= 0.3 is 0 Å². The predicted molar refractivity (Wildman–Crippen MR) is 88.3 cm³/mol. The first-order chi connectivity index (χ1) is 10.1. The van der Waals surface area contributed by atoms with Crippen LogP contribution in [0.3, 0.4) is 0 Å². The number of anilines is 2. The average Bonchev–Trinajstić information content (AvgIpc) is 2.85. The minimum Gasteiger partial charge on any atom is -0.325 e. The van der Waals surface area contributed by atoms with Crippen molar-refractivity contribution in [2.75, 3.05) is 5.32 Å². The summed E-state index contributed by atoms with van der Waals surface area (Å²) in [6.07, 6.45) is 8.80. The highest BCUT2D eigenvalue weighted by molar-refractivity contribution is 5.60. The van der Waals surface area contributed by atoms with Crippen molar-refractivity contribution >= 4 is 11.6 Å². The first-order valence-electron chi connectivity index (χ1n) is 8.03. The van der Waals surface area contributed by atoms with Crippen molar-refractivity contribution in [3.05, 3.63) is 41.2 Å². The highest BCUT2D eigenvalue weighted by Gasteiger charge is 2.19. The zero-order valence-electron chi connectivity index (χ0n) is 13.3. The lowest BCUT2D eigenvalue weighted by Gasteiger charge is -2.25. The molecule has 0 bridgehead atoms. The first-order valence-corrected chi connectivity index (χ1v) is 8.03. The molecule has 0 spiro atoms. The summed E-state index contributed by atoms with van der Waals surface area (Å²) >= 11 is 0. The van der Waals surface area contributed by atoms with E-state index < -0.39 is 0 Å². The molecular weight excluding hydrogens is 258 g/mol. The molecule has 0 saturated heterocycles. The fourth-order valence-corrected chi connectivity index (χ4v) is 3.24. The molecule has 1 aliphatic carbocycles. The van der Waals surface area contributed by atoms with Crippen molar-refractivity contribution in [1.29, 1.82) is 0 Å². The SMILES string of the molecule is Cc1ccc(C)c(Nc2nc(C)cn2C2CCCCC2)c1. The molecule has 0 amide bonds. The van der Waals surface area contributed by atoms with Gasteiger partial charge in [0.2, 0.25) is 5.95 Å². The Hall–Kier alpha value is -1.77. The lowest BCUT2D eigenvalue weighted by molar-refractivity contribution is 0.356. The summed E-state index contributed by atoms with van der Waals surface area (Å²) in [6.45, 7) is 6.35. The van der Waals surface area contributed by atoms with Crippen LogP contribution in [0.2, 0.25) is 0 Å². The molecule has 1 saturated carbocycles. The maximum Gasteiger partial charge on any atom is 0.207 e. The van der Waals surface area contributed by atoms with Crippen molar-refractivity contribution < 1.29 is 0 Å². The summed E-state index contributed by atoms with van der Waals surface area (Å²) < 4.78 is 2.36. The number of hydrogen-bond acceptors (Lipinski definition) is 2. The number of benzene rings is 1. The van der Waals surface area contributed by atoms with Gasteiger partial charge < -0.3 is 9.88 Å². The largest absolute Gasteiger partial charge is 0.325 e. The molecule has 0 unspecified atom stereocenters. The van der Waals surface area contributed by atoms with E-state index in [-0.39, 0.29) is 0 Å². The molecule has 1 fully saturated rings. The second-order valence-electron chi connectivity index (χ2n) is 6.35. The molecule has 1 heterocycles. The molecule has 1 aromatic carbocycles. The van der Waals surface area contributed by atoms with Gasteiger partial charge in [-0.25, -0.2) is 4.98 Å². The maximum atomic E-state index is 4.70. The minimum atomic E-state index is 0.604. The maximum absolute atomic E-state index is 4.70. The zero-order valence-corrected chi connectivity index (χ0v) is 13.3. The summed E-state index contributed by atoms with van der Waals surface area (Å²) in [6, 6.07) is 7.12. The van der Waals surface area contributed by atoms with Gasteiger partial charge in [0.05, 0.1) is 5.69 Å². The third-order valence-corrected chi connectivity index (χ3v) is 4.46. The molecule has 0 radical (unpaired) electrons. The monoisotopic (exact) mass is 283 g/mol. The Morgan fingerprint density at radius 3 is 2.62 bits per heavy atom. The van der Waals surface area contributed by atoms with E-state index >= 15 is 0 Å². The lowest BCUT2D eigenvalue weighted by Crippen LogP contribution is -2.14. The van der Waals surface area contributed by atoms with Crippen molar-refractivity contribution in [2.45, 2.75) is 58.9 Å². The van der Waals surface area contributed by atoms with Crippen LogP contribution in [0.25, 0.3) is 0 Å². The fourth-order valence-electron chi connectivity index (χ4n) is 3.24. The van der Waals surface area contributed by atoms with E-state index in [1.54, 1.807) is 0 Å². The molecule has 112 valence electrons. The number of rotatable bonds is 3. The van der Waals surface area contributed by atoms with E-state index in [0.717, 1.165) is 17.3 Å². The summed E-state index contributed by atoms with van der Waals surface area (Å²) in [5.41, 5.74) is 4.79. The number of nitrogens with one attached hydrogen (secondary N) is 1. The van der Waals surface area contributed by atoms with Crippen molar-refractivity contribution in [2.24, 2.45) is 0 Å². The minimum absolute atomic E-state index is 0.604. The normalized spacial score (nSPS) is 16.1. The van der Waals surface area contributed by atoms with Crippen LogP contribution in [-0.4, -0.2) is 9.55 Å². The Kier molecular flexibility index (Phi) is 4.00. The lowest BCUT2D eigenvalue weighted by atomic mass is 9.95. The van der Waals surface area contributed by atoms with Gasteiger partial charge in [-0.3, -0.25) is 0 Å². The third-order valence-electron chi connectivity index (χ3n) is 4.46. The summed E-state index contributed by atoms with van der Waals surface area (Å²) in [5.74, 6) is 0.994. The number of imidazole rings is 1. The van der Waals surface area contributed by atoms with Crippen molar-refractivity contribution in [1.82, 2.24) is 9.55 Å². The highest BCUT2D eigenvalue weighted by Crippen LogP contribution is 2.32. The fraction of sp³-hybridized carbons (Fsp3) is 0.500. The smallest absolute Gasteiger partial charge is 0.207 e. The van der Waals surface area contributed by atoms with Crippen LogP contribution >= 0.6 is 0 Å². The number of aryl methyl sites for hydroxylation is 3. The molecule has 3 rings (SSSR count). The summed E-state index contributed by atoms with van der Waals surface area (Å²) in [4.78, 5) is 4.70. The number of aromatic nitrogens is 2. The van der Waals surface area contributed by atoms with Crippen LogP contribution in [0.5, 0.6) is 0 Å². The second kappa shape index (κ2) is 5.92. The van der Waals surface area contributed by atoms with Crippen LogP contribution in [-0.2, 0) is 0 Å². The van der Waals surface area contributed by atoms with E-state index in [0.29, 0.717) is 6.04 Å². The molecule has 1 aromatic heterocycles. The zero-order chi connectivity index (χ0) is 14.8. The standard InChI is InChI=1S/C18H25N3/c1-13-9-10-14(2)17(11-13)20-18-19-15(3)12-21(18)16-7-5-4-6-8-16/h9-12,16H,4-8H2,1-3H3,(H,19,20). The first kappa shape index (κ1) is 14.2. The van der Waals surface area contributed by atoms with Crippen molar-refractivity contribution in [3.8, 4) is 0 Å². The number of nitrogens with zero attached hydrogens (tertiary/aromatic N) is 2. The van der Waals surface area contributed by atoms with Gasteiger partial charge in [-0.1, -0.05) is 31.4 Å². The topological polar surface area (TPSA) is 29.9 Å². The Labute approximate surface area is 127 Å². The second-order valence-corrected chi connectivity index (χ2v) is 6.35. The average molecular weight is 283 g/mol. The molecular formula is C18H25N3. The van der Waals surface area contributed by atoms with Gasteiger partial charge in [-0.05, 0) is 50.8 Å². The van der Waals surface area contributed by atoms with E-state index in [2.05, 4.69) is 55.1 Å². The Morgan fingerprint density at radius 2 is 1.86 bits per heavy atom. The van der Waals surface area contributed by atoms with Crippen LogP contribution in [0.4, 0.5) is 11.6 Å². The third kappa shape index (κ3) is 3.12. The van der Waals surface area contributed by atoms with Crippen LogP contribution in [0.1, 0.15) is 55.0 Å². The summed E-state index contributed by atoms with van der Waals surface area (Å²) in [7, 11) is 0. The van der Waals surface area contributed by atoms with Crippen LogP contribution < -0.4 is 5.32 Å². The van der Waals surface area contributed by atoms with Crippen LogP contribution in [0, 0.1) is 20.8 Å². The van der Waals surface area contributed by atoms with Crippen LogP contribution in [0.15, 0.2) is 24.4 Å². The summed E-state index contributed by atoms with van der Waals surface area (Å²) in [5, 5.41) is 3.55. The molecule has 3 heteroatoms. The van der Waals surface area contributed by atoms with Crippen molar-refractivity contribution in [3.63, 3.8) is 0 Å². The molecule has 21 heavy (non-hydrogen) atoms.